The SMILES string of the molecule is O=S(=O)(c1ccc(OC(F)(F)F)cc1)N1CCCC1c1nc2ccccc2s1. The Morgan fingerprint density at radius 1 is 1.11 bits per heavy atom. The number of alkyl halides is 3. The van der Waals surface area contributed by atoms with Crippen molar-refractivity contribution < 1.29 is 26.3 Å². The van der Waals surface area contributed by atoms with Crippen molar-refractivity contribution >= 4 is 31.6 Å². The van der Waals surface area contributed by atoms with E-state index in [1.54, 1.807) is 0 Å². The van der Waals surface area contributed by atoms with Crippen LogP contribution in [0.4, 0.5) is 13.2 Å². The van der Waals surface area contributed by atoms with Gasteiger partial charge in [-0.05, 0) is 49.2 Å². The largest absolute Gasteiger partial charge is 0.573 e. The predicted molar refractivity (Wildman–Crippen MR) is 98.6 cm³/mol. The van der Waals surface area contributed by atoms with E-state index in [-0.39, 0.29) is 10.9 Å². The molecule has 0 spiro atoms. The van der Waals surface area contributed by atoms with E-state index in [1.165, 1.54) is 15.6 Å². The number of hydrogen-bond donors (Lipinski definition) is 0. The first-order valence-corrected chi connectivity index (χ1v) is 10.7. The molecular weight excluding hydrogens is 413 g/mol. The molecule has 10 heteroatoms. The Hall–Kier alpha value is -2.17. The molecule has 1 fully saturated rings. The van der Waals surface area contributed by atoms with Crippen LogP contribution >= 0.6 is 11.3 Å². The lowest BCUT2D eigenvalue weighted by molar-refractivity contribution is -0.274. The minimum absolute atomic E-state index is 0.0740. The lowest BCUT2D eigenvalue weighted by Gasteiger charge is -2.22. The first-order valence-electron chi connectivity index (χ1n) is 8.47. The van der Waals surface area contributed by atoms with Crippen molar-refractivity contribution in [1.82, 2.24) is 9.29 Å². The van der Waals surface area contributed by atoms with Gasteiger partial charge in [-0.3, -0.25) is 0 Å². The molecule has 0 aliphatic carbocycles. The summed E-state index contributed by atoms with van der Waals surface area (Å²) in [6, 6.07) is 11.5. The number of rotatable bonds is 4. The Morgan fingerprint density at radius 2 is 1.82 bits per heavy atom. The minimum atomic E-state index is -4.83. The summed E-state index contributed by atoms with van der Waals surface area (Å²) < 4.78 is 69.2. The van der Waals surface area contributed by atoms with Gasteiger partial charge in [0.25, 0.3) is 0 Å². The number of hydrogen-bond acceptors (Lipinski definition) is 5. The molecule has 5 nitrogen and oxygen atoms in total. The highest BCUT2D eigenvalue weighted by Gasteiger charge is 2.38. The maximum absolute atomic E-state index is 13.1. The highest BCUT2D eigenvalue weighted by atomic mass is 32.2. The number of para-hydroxylation sites is 1. The van der Waals surface area contributed by atoms with Crippen molar-refractivity contribution in [3.8, 4) is 5.75 Å². The van der Waals surface area contributed by atoms with E-state index in [1.807, 2.05) is 24.3 Å². The number of thiazole rings is 1. The highest BCUT2D eigenvalue weighted by Crippen LogP contribution is 2.39. The molecule has 0 bridgehead atoms. The quantitative estimate of drug-likeness (QED) is 0.603. The zero-order valence-electron chi connectivity index (χ0n) is 14.4. The number of halogens is 3. The van der Waals surface area contributed by atoms with Gasteiger partial charge in [0.1, 0.15) is 10.8 Å². The molecule has 4 rings (SSSR count). The molecule has 1 aliphatic heterocycles. The fraction of sp³-hybridized carbons (Fsp3) is 0.278. The van der Waals surface area contributed by atoms with Gasteiger partial charge in [0.2, 0.25) is 10.0 Å². The lowest BCUT2D eigenvalue weighted by atomic mass is 10.2. The van der Waals surface area contributed by atoms with Crippen LogP contribution in [0, 0.1) is 0 Å². The Labute approximate surface area is 163 Å². The molecule has 1 unspecified atom stereocenters. The zero-order chi connectivity index (χ0) is 19.9. The van der Waals surface area contributed by atoms with Crippen molar-refractivity contribution in [2.45, 2.75) is 30.1 Å². The Balaban J connectivity index is 1.62. The fourth-order valence-electron chi connectivity index (χ4n) is 3.26. The third kappa shape index (κ3) is 3.71. The van der Waals surface area contributed by atoms with Crippen LogP contribution in [0.3, 0.4) is 0 Å². The molecule has 0 radical (unpaired) electrons. The molecule has 3 aromatic rings. The number of fused-ring (bicyclic) bond motifs is 1. The van der Waals surface area contributed by atoms with E-state index < -0.39 is 22.1 Å². The van der Waals surface area contributed by atoms with Crippen LogP contribution < -0.4 is 4.74 Å². The molecule has 148 valence electrons. The first-order chi connectivity index (χ1) is 13.2. The molecule has 0 saturated carbocycles. The van der Waals surface area contributed by atoms with E-state index in [4.69, 9.17) is 0 Å². The Morgan fingerprint density at radius 3 is 2.50 bits per heavy atom. The van der Waals surface area contributed by atoms with Gasteiger partial charge in [-0.15, -0.1) is 24.5 Å². The van der Waals surface area contributed by atoms with Gasteiger partial charge in [0.15, 0.2) is 0 Å². The summed E-state index contributed by atoms with van der Waals surface area (Å²) in [6.45, 7) is 0.337. The molecule has 1 aromatic heterocycles. The monoisotopic (exact) mass is 428 g/mol. The van der Waals surface area contributed by atoms with Crippen LogP contribution in [0.2, 0.25) is 0 Å². The molecule has 1 atom stereocenters. The van der Waals surface area contributed by atoms with Gasteiger partial charge in [-0.1, -0.05) is 12.1 Å². The third-order valence-corrected chi connectivity index (χ3v) is 7.52. The van der Waals surface area contributed by atoms with Gasteiger partial charge >= 0.3 is 6.36 Å². The molecule has 0 N–H and O–H groups in total. The number of ether oxygens (including phenoxy) is 1. The van der Waals surface area contributed by atoms with Gasteiger partial charge < -0.3 is 4.74 Å². The summed E-state index contributed by atoms with van der Waals surface area (Å²) in [7, 11) is -3.87. The minimum Gasteiger partial charge on any atom is -0.406 e. The van der Waals surface area contributed by atoms with Crippen LogP contribution in [0.5, 0.6) is 5.75 Å². The van der Waals surface area contributed by atoms with Gasteiger partial charge in [-0.2, -0.15) is 4.31 Å². The summed E-state index contributed by atoms with van der Waals surface area (Å²) in [5.41, 5.74) is 0.820. The highest BCUT2D eigenvalue weighted by molar-refractivity contribution is 7.89. The van der Waals surface area contributed by atoms with E-state index in [0.717, 1.165) is 39.5 Å². The van der Waals surface area contributed by atoms with Crippen LogP contribution in [0.1, 0.15) is 23.9 Å². The molecule has 1 saturated heterocycles. The molecule has 2 heterocycles. The van der Waals surface area contributed by atoms with Crippen LogP contribution in [-0.4, -0.2) is 30.6 Å². The normalized spacial score (nSPS) is 18.6. The van der Waals surface area contributed by atoms with Crippen molar-refractivity contribution in [3.05, 3.63) is 53.5 Å². The van der Waals surface area contributed by atoms with Gasteiger partial charge in [0.05, 0.1) is 21.2 Å². The summed E-state index contributed by atoms with van der Waals surface area (Å²) in [6.07, 6.45) is -3.49. The lowest BCUT2D eigenvalue weighted by Crippen LogP contribution is -2.30. The summed E-state index contributed by atoms with van der Waals surface area (Å²) >= 11 is 1.46. The van der Waals surface area contributed by atoms with Gasteiger partial charge in [-0.25, -0.2) is 13.4 Å². The van der Waals surface area contributed by atoms with Crippen LogP contribution in [0.25, 0.3) is 10.2 Å². The average molecular weight is 428 g/mol. The zero-order valence-corrected chi connectivity index (χ0v) is 16.0. The van der Waals surface area contributed by atoms with Crippen molar-refractivity contribution in [2.75, 3.05) is 6.54 Å². The third-order valence-electron chi connectivity index (χ3n) is 4.46. The maximum Gasteiger partial charge on any atom is 0.573 e. The Bertz CT molecular complexity index is 1060. The number of aromatic nitrogens is 1. The van der Waals surface area contributed by atoms with Crippen molar-refractivity contribution in [3.63, 3.8) is 0 Å². The Kier molecular flexibility index (Phi) is 4.80. The topological polar surface area (TPSA) is 59.5 Å². The summed E-state index contributed by atoms with van der Waals surface area (Å²) in [5.74, 6) is -0.462. The molecule has 0 amide bonds. The molecule has 2 aromatic carbocycles. The molecule has 28 heavy (non-hydrogen) atoms. The smallest absolute Gasteiger partial charge is 0.406 e. The van der Waals surface area contributed by atoms with Crippen molar-refractivity contribution in [1.29, 1.82) is 0 Å². The van der Waals surface area contributed by atoms with Crippen LogP contribution in [0.15, 0.2) is 53.4 Å². The molecular formula is C18H15F3N2O3S2. The first kappa shape index (κ1) is 19.2. The second kappa shape index (κ2) is 7.02. The molecule has 1 aliphatic rings. The van der Waals surface area contributed by atoms with Crippen LogP contribution in [-0.2, 0) is 10.0 Å². The standard InChI is InChI=1S/C18H15F3N2O3S2/c19-18(20,21)26-12-7-9-13(10-8-12)28(24,25)23-11-3-5-15(23)17-22-14-4-1-2-6-16(14)27-17/h1-2,4,6-10,15H,3,5,11H2. The number of nitrogens with zero attached hydrogens (tertiary/aromatic N) is 2. The maximum atomic E-state index is 13.1. The van der Waals surface area contributed by atoms with E-state index >= 15 is 0 Å². The summed E-state index contributed by atoms with van der Waals surface area (Å²) in [5, 5.41) is 0.722. The second-order valence-corrected chi connectivity index (χ2v) is 9.27. The van der Waals surface area contributed by atoms with Gasteiger partial charge in [0, 0.05) is 6.54 Å². The summed E-state index contributed by atoms with van der Waals surface area (Å²) in [4.78, 5) is 4.50. The van der Waals surface area contributed by atoms with E-state index in [2.05, 4.69) is 9.72 Å². The predicted octanol–water partition coefficient (Wildman–Crippen LogP) is 4.72. The number of benzene rings is 2. The van der Waals surface area contributed by atoms with E-state index in [9.17, 15) is 21.6 Å². The fourth-order valence-corrected chi connectivity index (χ4v) is 6.10. The number of sulfonamides is 1. The van der Waals surface area contributed by atoms with Crippen molar-refractivity contribution in [2.24, 2.45) is 0 Å². The average Bonchev–Trinajstić information content (AvgIpc) is 3.27. The second-order valence-electron chi connectivity index (χ2n) is 6.31. The van der Waals surface area contributed by atoms with E-state index in [0.29, 0.717) is 19.4 Å².